The quantitative estimate of drug-likeness (QED) is 0.756. The van der Waals surface area contributed by atoms with Crippen LogP contribution in [-0.4, -0.2) is 22.2 Å². The number of aliphatic carboxylic acids is 2. The van der Waals surface area contributed by atoms with Crippen LogP contribution in [0, 0.1) is 17.3 Å². The SMILES string of the molecule is O=C(O)[C@H]1CC[C@@]2(CCCC[C@H]2C(=O)O)C1. The van der Waals surface area contributed by atoms with Crippen LogP contribution >= 0.6 is 0 Å². The zero-order valence-electron chi connectivity index (χ0n) is 9.32. The third-order valence-corrected chi connectivity index (χ3v) is 4.45. The van der Waals surface area contributed by atoms with E-state index in [9.17, 15) is 14.7 Å². The molecule has 0 heterocycles. The Kier molecular flexibility index (Phi) is 2.91. The molecule has 90 valence electrons. The largest absolute Gasteiger partial charge is 0.481 e. The van der Waals surface area contributed by atoms with Crippen molar-refractivity contribution in [3.63, 3.8) is 0 Å². The molecular formula is C12H18O4. The highest BCUT2D eigenvalue weighted by Gasteiger charge is 2.50. The van der Waals surface area contributed by atoms with E-state index in [0.717, 1.165) is 32.1 Å². The van der Waals surface area contributed by atoms with Crippen LogP contribution in [-0.2, 0) is 9.59 Å². The second kappa shape index (κ2) is 4.07. The Morgan fingerprint density at radius 2 is 1.75 bits per heavy atom. The smallest absolute Gasteiger partial charge is 0.307 e. The maximum Gasteiger partial charge on any atom is 0.307 e. The van der Waals surface area contributed by atoms with Crippen LogP contribution in [0.3, 0.4) is 0 Å². The van der Waals surface area contributed by atoms with Crippen molar-refractivity contribution < 1.29 is 19.8 Å². The van der Waals surface area contributed by atoms with Gasteiger partial charge in [-0.25, -0.2) is 0 Å². The van der Waals surface area contributed by atoms with E-state index in [2.05, 4.69) is 0 Å². The van der Waals surface area contributed by atoms with Gasteiger partial charge in [-0.1, -0.05) is 12.8 Å². The summed E-state index contributed by atoms with van der Waals surface area (Å²) in [6.45, 7) is 0. The van der Waals surface area contributed by atoms with E-state index in [-0.39, 0.29) is 17.3 Å². The highest BCUT2D eigenvalue weighted by molar-refractivity contribution is 5.73. The van der Waals surface area contributed by atoms with E-state index < -0.39 is 11.9 Å². The van der Waals surface area contributed by atoms with E-state index in [1.54, 1.807) is 0 Å². The van der Waals surface area contributed by atoms with Gasteiger partial charge in [0.15, 0.2) is 0 Å². The highest BCUT2D eigenvalue weighted by atomic mass is 16.4. The molecule has 2 aliphatic rings. The molecule has 3 atom stereocenters. The first-order chi connectivity index (χ1) is 7.55. The van der Waals surface area contributed by atoms with Gasteiger partial charge in [0, 0.05) is 0 Å². The standard InChI is InChI=1S/C12H18O4/c13-10(14)8-4-6-12(7-8)5-2-1-3-9(12)11(15)16/h8-9H,1-7H2,(H,13,14)(H,15,16)/t8-,9-,12-/m0/s1. The number of hydrogen-bond donors (Lipinski definition) is 2. The molecule has 0 amide bonds. The summed E-state index contributed by atoms with van der Waals surface area (Å²) in [7, 11) is 0. The van der Waals surface area contributed by atoms with E-state index in [4.69, 9.17) is 5.11 Å². The summed E-state index contributed by atoms with van der Waals surface area (Å²) in [6, 6.07) is 0. The van der Waals surface area contributed by atoms with Crippen molar-refractivity contribution in [1.82, 2.24) is 0 Å². The fourth-order valence-corrected chi connectivity index (χ4v) is 3.60. The number of carbonyl (C=O) groups is 2. The molecule has 0 aromatic heterocycles. The van der Waals surface area contributed by atoms with Crippen molar-refractivity contribution in [1.29, 1.82) is 0 Å². The first-order valence-electron chi connectivity index (χ1n) is 6.01. The molecule has 2 rings (SSSR count). The molecule has 0 radical (unpaired) electrons. The summed E-state index contributed by atoms with van der Waals surface area (Å²) in [4.78, 5) is 22.2. The summed E-state index contributed by atoms with van der Waals surface area (Å²) in [5.74, 6) is -2.12. The molecule has 2 saturated carbocycles. The summed E-state index contributed by atoms with van der Waals surface area (Å²) in [6.07, 6.45) is 5.64. The van der Waals surface area contributed by atoms with Crippen molar-refractivity contribution in [3.8, 4) is 0 Å². The van der Waals surface area contributed by atoms with Gasteiger partial charge in [0.25, 0.3) is 0 Å². The van der Waals surface area contributed by atoms with Crippen LogP contribution < -0.4 is 0 Å². The number of hydrogen-bond acceptors (Lipinski definition) is 2. The van der Waals surface area contributed by atoms with Gasteiger partial charge in [-0.05, 0) is 37.5 Å². The van der Waals surface area contributed by atoms with Gasteiger partial charge in [0.05, 0.1) is 11.8 Å². The average molecular weight is 226 g/mol. The third kappa shape index (κ3) is 1.81. The summed E-state index contributed by atoms with van der Waals surface area (Å²) < 4.78 is 0. The molecule has 1 spiro atoms. The monoisotopic (exact) mass is 226 g/mol. The molecule has 2 N–H and O–H groups in total. The van der Waals surface area contributed by atoms with Crippen molar-refractivity contribution in [2.24, 2.45) is 17.3 Å². The Morgan fingerprint density at radius 3 is 2.31 bits per heavy atom. The molecular weight excluding hydrogens is 208 g/mol. The first kappa shape index (κ1) is 11.4. The summed E-state index contributed by atoms with van der Waals surface area (Å²) in [5.41, 5.74) is -0.215. The van der Waals surface area contributed by atoms with E-state index in [1.807, 2.05) is 0 Å². The maximum atomic E-state index is 11.2. The minimum absolute atomic E-state index is 0.215. The van der Waals surface area contributed by atoms with Gasteiger partial charge in [-0.2, -0.15) is 0 Å². The molecule has 4 heteroatoms. The Morgan fingerprint density at radius 1 is 1.00 bits per heavy atom. The molecule has 2 aliphatic carbocycles. The van der Waals surface area contributed by atoms with Gasteiger partial charge in [0.1, 0.15) is 0 Å². The fourth-order valence-electron chi connectivity index (χ4n) is 3.60. The average Bonchev–Trinajstić information content (AvgIpc) is 2.63. The van der Waals surface area contributed by atoms with Crippen LogP contribution in [0.5, 0.6) is 0 Å². The molecule has 0 aromatic carbocycles. The van der Waals surface area contributed by atoms with Gasteiger partial charge in [-0.15, -0.1) is 0 Å². The molecule has 0 bridgehead atoms. The maximum absolute atomic E-state index is 11.2. The summed E-state index contributed by atoms with van der Waals surface area (Å²) in [5, 5.41) is 18.2. The Bertz CT molecular complexity index is 312. The van der Waals surface area contributed by atoms with Crippen molar-refractivity contribution in [3.05, 3.63) is 0 Å². The molecule has 4 nitrogen and oxygen atoms in total. The topological polar surface area (TPSA) is 74.6 Å². The minimum atomic E-state index is -0.758. The normalized spacial score (nSPS) is 38.8. The number of carboxylic acid groups (broad SMARTS) is 2. The van der Waals surface area contributed by atoms with Crippen molar-refractivity contribution in [2.75, 3.05) is 0 Å². The second-order valence-electron chi connectivity index (χ2n) is 5.28. The molecule has 0 aromatic rings. The van der Waals surface area contributed by atoms with E-state index in [0.29, 0.717) is 12.8 Å². The van der Waals surface area contributed by atoms with E-state index >= 15 is 0 Å². The van der Waals surface area contributed by atoms with E-state index in [1.165, 1.54) is 0 Å². The zero-order valence-corrected chi connectivity index (χ0v) is 9.32. The van der Waals surface area contributed by atoms with Gasteiger partial charge in [0.2, 0.25) is 0 Å². The zero-order chi connectivity index (χ0) is 11.8. The molecule has 0 saturated heterocycles. The van der Waals surface area contributed by atoms with Crippen LogP contribution in [0.2, 0.25) is 0 Å². The fraction of sp³-hybridized carbons (Fsp3) is 0.833. The van der Waals surface area contributed by atoms with Gasteiger partial charge in [-0.3, -0.25) is 9.59 Å². The van der Waals surface area contributed by atoms with Crippen LogP contribution in [0.1, 0.15) is 44.9 Å². The van der Waals surface area contributed by atoms with Crippen LogP contribution in [0.4, 0.5) is 0 Å². The molecule has 2 fully saturated rings. The van der Waals surface area contributed by atoms with Crippen LogP contribution in [0.15, 0.2) is 0 Å². The lowest BCUT2D eigenvalue weighted by atomic mass is 9.65. The highest BCUT2D eigenvalue weighted by Crippen LogP contribution is 2.54. The Labute approximate surface area is 94.7 Å². The Hall–Kier alpha value is -1.06. The summed E-state index contributed by atoms with van der Waals surface area (Å²) >= 11 is 0. The van der Waals surface area contributed by atoms with Crippen molar-refractivity contribution >= 4 is 11.9 Å². The van der Waals surface area contributed by atoms with Gasteiger partial charge < -0.3 is 10.2 Å². The first-order valence-corrected chi connectivity index (χ1v) is 6.01. The molecule has 16 heavy (non-hydrogen) atoms. The predicted molar refractivity (Wildman–Crippen MR) is 57.0 cm³/mol. The lowest BCUT2D eigenvalue weighted by Crippen LogP contribution is -2.37. The molecule has 0 unspecified atom stereocenters. The van der Waals surface area contributed by atoms with Crippen LogP contribution in [0.25, 0.3) is 0 Å². The second-order valence-corrected chi connectivity index (χ2v) is 5.28. The third-order valence-electron chi connectivity index (χ3n) is 4.45. The Balaban J connectivity index is 2.16. The molecule has 0 aliphatic heterocycles. The minimum Gasteiger partial charge on any atom is -0.481 e. The number of carboxylic acids is 2. The lowest BCUT2D eigenvalue weighted by molar-refractivity contribution is -0.150. The van der Waals surface area contributed by atoms with Gasteiger partial charge >= 0.3 is 11.9 Å². The van der Waals surface area contributed by atoms with Crippen molar-refractivity contribution in [2.45, 2.75) is 44.9 Å². The lowest BCUT2D eigenvalue weighted by Gasteiger charge is -2.39. The number of rotatable bonds is 2. The predicted octanol–water partition coefficient (Wildman–Crippen LogP) is 2.13.